The molecule has 0 unspecified atom stereocenters. The Labute approximate surface area is 116 Å². The van der Waals surface area contributed by atoms with E-state index in [9.17, 15) is 14.4 Å². The fourth-order valence-electron chi connectivity index (χ4n) is 0.771. The maximum atomic E-state index is 10.6. The topological polar surface area (TPSA) is 168 Å². The van der Waals surface area contributed by atoms with Crippen molar-refractivity contribution in [3.8, 4) is 0 Å². The van der Waals surface area contributed by atoms with E-state index in [1.165, 1.54) is 20.8 Å². The van der Waals surface area contributed by atoms with E-state index in [1.54, 1.807) is 0 Å². The first-order valence-corrected chi connectivity index (χ1v) is 6.25. The average Bonchev–Trinajstić information content (AvgIpc) is 2.18. The number of rotatable bonds is 5. The minimum absolute atomic E-state index is 0.123. The van der Waals surface area contributed by atoms with Crippen LogP contribution in [-0.4, -0.2) is 41.9 Å². The molecular weight excluding hydrogens is 304 g/mol. The van der Waals surface area contributed by atoms with Gasteiger partial charge in [0.1, 0.15) is 13.2 Å². The molecule has 20 heavy (non-hydrogen) atoms. The lowest BCUT2D eigenvalue weighted by Gasteiger charge is -2.15. The lowest BCUT2D eigenvalue weighted by molar-refractivity contribution is -1.92. The Balaban J connectivity index is 0. The molecule has 0 aromatic rings. The van der Waals surface area contributed by atoms with Crippen LogP contribution in [0.3, 0.4) is 0 Å². The molecule has 11 heteroatoms. The van der Waals surface area contributed by atoms with Crippen molar-refractivity contribution in [2.24, 2.45) is 0 Å². The van der Waals surface area contributed by atoms with Crippen LogP contribution < -0.4 is 14.0 Å². The summed E-state index contributed by atoms with van der Waals surface area (Å²) in [4.78, 5) is 31.6. The Hall–Kier alpha value is -1.46. The summed E-state index contributed by atoms with van der Waals surface area (Å²) in [6, 6.07) is 0. The van der Waals surface area contributed by atoms with Crippen molar-refractivity contribution in [2.75, 3.05) is 13.2 Å². The first-order valence-electron chi connectivity index (χ1n) is 4.99. The van der Waals surface area contributed by atoms with E-state index in [1.807, 2.05) is 0 Å². The Bertz CT molecular complexity index is 299. The third kappa shape index (κ3) is 25.4. The number of carbonyl (C=O) groups excluding carboxylic acids is 3. The molecule has 0 rings (SSSR count). The van der Waals surface area contributed by atoms with Gasteiger partial charge in [-0.2, -0.15) is 14.0 Å². The van der Waals surface area contributed by atoms with Gasteiger partial charge in [-0.3, -0.25) is 14.4 Å². The van der Waals surface area contributed by atoms with E-state index in [4.69, 9.17) is 23.4 Å². The van der Waals surface area contributed by atoms with Crippen molar-refractivity contribution < 1.29 is 57.5 Å². The number of hydrogen-bond donors (Lipinski definition) is 1. The lowest BCUT2D eigenvalue weighted by Crippen LogP contribution is -2.58. The largest absolute Gasteiger partial charge is 0.462 e. The number of hydrogen-bond acceptors (Lipinski definition) is 10. The predicted octanol–water partition coefficient (Wildman–Crippen LogP) is -4.08. The van der Waals surface area contributed by atoms with Crippen LogP contribution in [0.25, 0.3) is 0 Å². The van der Waals surface area contributed by atoms with Gasteiger partial charge in [-0.05, 0) is 0 Å². The molecule has 1 N–H and O–H groups in total. The molecular formula is C9H15ClO10. The molecule has 0 saturated heterocycles. The minimum Gasteiger partial charge on any atom is -0.462 e. The Kier molecular flexibility index (Phi) is 10.8. The Morgan fingerprint density at radius 3 is 1.45 bits per heavy atom. The van der Waals surface area contributed by atoms with E-state index in [0.717, 1.165) is 0 Å². The molecule has 0 aromatic heterocycles. The summed E-state index contributed by atoms with van der Waals surface area (Å²) in [5.41, 5.74) is 0. The third-order valence-electron chi connectivity index (χ3n) is 1.28. The van der Waals surface area contributed by atoms with Crippen LogP contribution in [0.1, 0.15) is 20.8 Å². The van der Waals surface area contributed by atoms with Crippen molar-refractivity contribution in [3.05, 3.63) is 0 Å². The molecule has 0 bridgehead atoms. The summed E-state index contributed by atoms with van der Waals surface area (Å²) in [7, 11) is -4.69. The van der Waals surface area contributed by atoms with Crippen molar-refractivity contribution >= 4 is 17.9 Å². The standard InChI is InChI=1S/C9H14O6.ClHO4/c1-6(10)13-4-9(15-8(3)12)5-14-7(2)11;2-1(3,4)5/h9H,4-5H2,1-3H3;(H,2,3,4,5). The number of esters is 3. The normalized spacial score (nSPS) is 10.2. The molecule has 0 amide bonds. The average molecular weight is 319 g/mol. The summed E-state index contributed by atoms with van der Waals surface area (Å²) < 4.78 is 46.7. The van der Waals surface area contributed by atoms with Crippen molar-refractivity contribution in [2.45, 2.75) is 26.9 Å². The monoisotopic (exact) mass is 318 g/mol. The van der Waals surface area contributed by atoms with Gasteiger partial charge in [0.15, 0.2) is 6.10 Å². The summed E-state index contributed by atoms with van der Waals surface area (Å²) in [5.74, 6) is -1.51. The number of halogens is 1. The van der Waals surface area contributed by atoms with Crippen LogP contribution in [0.15, 0.2) is 0 Å². The second-order valence-electron chi connectivity index (χ2n) is 3.23. The van der Waals surface area contributed by atoms with Crippen LogP contribution >= 0.6 is 0 Å². The molecule has 0 radical (unpaired) electrons. The van der Waals surface area contributed by atoms with Gasteiger partial charge in [0, 0.05) is 20.8 Å². The first-order chi connectivity index (χ1) is 8.91. The quantitative estimate of drug-likeness (QED) is 0.388. The van der Waals surface area contributed by atoms with Gasteiger partial charge in [-0.25, -0.2) is 0 Å². The second kappa shape index (κ2) is 10.3. The van der Waals surface area contributed by atoms with Crippen LogP contribution in [0.4, 0.5) is 0 Å². The van der Waals surface area contributed by atoms with E-state index in [0.29, 0.717) is 0 Å². The third-order valence-corrected chi connectivity index (χ3v) is 1.28. The van der Waals surface area contributed by atoms with Crippen LogP contribution in [0, 0.1) is 10.2 Å². The van der Waals surface area contributed by atoms with Crippen LogP contribution in [0.2, 0.25) is 0 Å². The molecule has 0 aliphatic heterocycles. The van der Waals surface area contributed by atoms with Gasteiger partial charge in [-0.15, -0.1) is 0 Å². The van der Waals surface area contributed by atoms with Gasteiger partial charge < -0.3 is 14.2 Å². The number of carbonyl (C=O) groups is 3. The van der Waals surface area contributed by atoms with Crippen LogP contribution in [0.5, 0.6) is 0 Å². The molecule has 0 heterocycles. The van der Waals surface area contributed by atoms with Gasteiger partial charge in [0.05, 0.1) is 14.9 Å². The molecule has 0 atom stereocenters. The highest BCUT2D eigenvalue weighted by atomic mass is 35.7. The molecule has 118 valence electrons. The highest BCUT2D eigenvalue weighted by molar-refractivity contribution is 5.67. The highest BCUT2D eigenvalue weighted by Gasteiger charge is 2.15. The lowest BCUT2D eigenvalue weighted by atomic mass is 10.4. The van der Waals surface area contributed by atoms with E-state index < -0.39 is 34.3 Å². The molecule has 0 fully saturated rings. The maximum Gasteiger partial charge on any atom is 0.303 e. The van der Waals surface area contributed by atoms with Crippen LogP contribution in [-0.2, 0) is 28.6 Å². The summed E-state index contributed by atoms with van der Waals surface area (Å²) >= 11 is 0. The van der Waals surface area contributed by atoms with Crippen molar-refractivity contribution in [1.29, 1.82) is 0 Å². The second-order valence-corrected chi connectivity index (χ2v) is 4.02. The Morgan fingerprint density at radius 2 is 1.25 bits per heavy atom. The van der Waals surface area contributed by atoms with Crippen molar-refractivity contribution in [3.63, 3.8) is 0 Å². The molecule has 0 saturated carbocycles. The molecule has 0 aliphatic carbocycles. The zero-order valence-electron chi connectivity index (χ0n) is 11.0. The minimum atomic E-state index is -4.69. The SMILES string of the molecule is CC(=O)OCC(COC(C)=O)OC(C)=O.[O-][Cl+3]([O-])([O-])O. The summed E-state index contributed by atoms with van der Waals surface area (Å²) in [6.45, 7) is 3.44. The predicted molar refractivity (Wildman–Crippen MR) is 51.0 cm³/mol. The smallest absolute Gasteiger partial charge is 0.303 e. The van der Waals surface area contributed by atoms with Crippen molar-refractivity contribution in [1.82, 2.24) is 0 Å². The van der Waals surface area contributed by atoms with Gasteiger partial charge >= 0.3 is 17.9 Å². The Morgan fingerprint density at radius 1 is 0.950 bits per heavy atom. The van der Waals surface area contributed by atoms with E-state index in [2.05, 4.69) is 9.47 Å². The highest BCUT2D eigenvalue weighted by Crippen LogP contribution is 1.97. The molecule has 0 spiro atoms. The molecule has 0 aliphatic rings. The van der Waals surface area contributed by atoms with E-state index in [-0.39, 0.29) is 13.2 Å². The zero-order chi connectivity index (χ0) is 16.3. The first kappa shape index (κ1) is 20.8. The molecule has 10 nitrogen and oxygen atoms in total. The fourth-order valence-corrected chi connectivity index (χ4v) is 0.771. The van der Waals surface area contributed by atoms with E-state index >= 15 is 0 Å². The van der Waals surface area contributed by atoms with Gasteiger partial charge in [0.2, 0.25) is 0 Å². The number of ether oxygens (including phenoxy) is 3. The van der Waals surface area contributed by atoms with Gasteiger partial charge in [0.25, 0.3) is 0 Å². The summed E-state index contributed by atoms with van der Waals surface area (Å²) in [5, 5.41) is 0. The maximum absolute atomic E-state index is 10.6. The van der Waals surface area contributed by atoms with Gasteiger partial charge in [-0.1, -0.05) is 0 Å². The zero-order valence-corrected chi connectivity index (χ0v) is 11.7. The molecule has 0 aromatic carbocycles. The fraction of sp³-hybridized carbons (Fsp3) is 0.667. The summed E-state index contributed by atoms with van der Waals surface area (Å²) in [6.07, 6.45) is -0.754.